The van der Waals surface area contributed by atoms with E-state index < -0.39 is 9.84 Å². The van der Waals surface area contributed by atoms with E-state index in [0.29, 0.717) is 18.0 Å². The smallest absolute Gasteiger partial charge is 0.179 e. The highest BCUT2D eigenvalue weighted by Crippen LogP contribution is 2.12. The first kappa shape index (κ1) is 15.7. The lowest BCUT2D eigenvalue weighted by molar-refractivity contribution is 0.437. The van der Waals surface area contributed by atoms with Gasteiger partial charge in [0.05, 0.1) is 22.3 Å². The van der Waals surface area contributed by atoms with Crippen molar-refractivity contribution in [3.63, 3.8) is 0 Å². The molecule has 0 spiro atoms. The van der Waals surface area contributed by atoms with Crippen molar-refractivity contribution < 1.29 is 8.42 Å². The van der Waals surface area contributed by atoms with Gasteiger partial charge in [-0.1, -0.05) is 19.9 Å². The maximum atomic E-state index is 12.1. The number of rotatable bonds is 6. The molecule has 0 heterocycles. The molecule has 0 aliphatic rings. The van der Waals surface area contributed by atoms with E-state index in [4.69, 9.17) is 5.26 Å². The number of hydrogen-bond acceptors (Lipinski definition) is 4. The highest BCUT2D eigenvalue weighted by atomic mass is 32.2. The summed E-state index contributed by atoms with van der Waals surface area (Å²) in [5, 5.41) is 12.0. The van der Waals surface area contributed by atoms with E-state index >= 15 is 0 Å². The molecule has 0 amide bonds. The van der Waals surface area contributed by atoms with Gasteiger partial charge in [0, 0.05) is 12.6 Å². The summed E-state index contributed by atoms with van der Waals surface area (Å²) in [6.07, 6.45) is 0. The summed E-state index contributed by atoms with van der Waals surface area (Å²) in [4.78, 5) is 0.213. The van der Waals surface area contributed by atoms with Crippen LogP contribution in [0.2, 0.25) is 0 Å². The molecule has 0 aliphatic heterocycles. The Morgan fingerprint density at radius 1 is 1.32 bits per heavy atom. The number of nitriles is 1. The van der Waals surface area contributed by atoms with Gasteiger partial charge < -0.3 is 5.32 Å². The summed E-state index contributed by atoms with van der Waals surface area (Å²) in [6, 6.07) is 8.36. The Labute approximate surface area is 115 Å². The van der Waals surface area contributed by atoms with Gasteiger partial charge in [-0.05, 0) is 31.0 Å². The molecule has 104 valence electrons. The van der Waals surface area contributed by atoms with Crippen LogP contribution in [0.3, 0.4) is 0 Å². The van der Waals surface area contributed by atoms with Crippen molar-refractivity contribution in [1.29, 1.82) is 5.26 Å². The summed E-state index contributed by atoms with van der Waals surface area (Å²) in [6.45, 7) is 6.62. The number of hydrogen-bond donors (Lipinski definition) is 1. The van der Waals surface area contributed by atoms with Crippen LogP contribution < -0.4 is 5.32 Å². The number of nitrogens with zero attached hydrogens (tertiary/aromatic N) is 1. The molecule has 1 rings (SSSR count). The Hall–Kier alpha value is -1.38. The third kappa shape index (κ3) is 4.66. The van der Waals surface area contributed by atoms with Gasteiger partial charge in [0.2, 0.25) is 0 Å². The second-order valence-corrected chi connectivity index (χ2v) is 7.05. The van der Waals surface area contributed by atoms with Crippen LogP contribution in [0.4, 0.5) is 0 Å². The Kier molecular flexibility index (Phi) is 5.52. The van der Waals surface area contributed by atoms with Gasteiger partial charge in [0.15, 0.2) is 9.84 Å². The van der Waals surface area contributed by atoms with Crippen LogP contribution in [-0.2, 0) is 9.84 Å². The average molecular weight is 280 g/mol. The zero-order valence-electron chi connectivity index (χ0n) is 11.6. The molecule has 1 aromatic rings. The number of nitrogens with one attached hydrogen (secondary N) is 1. The first-order valence-corrected chi connectivity index (χ1v) is 7.98. The topological polar surface area (TPSA) is 70.0 Å². The fourth-order valence-corrected chi connectivity index (χ4v) is 2.75. The van der Waals surface area contributed by atoms with Crippen LogP contribution in [-0.4, -0.2) is 26.8 Å². The highest BCUT2D eigenvalue weighted by Gasteiger charge is 2.15. The van der Waals surface area contributed by atoms with Gasteiger partial charge in [0.25, 0.3) is 0 Å². The van der Waals surface area contributed by atoms with Crippen molar-refractivity contribution in [3.05, 3.63) is 29.8 Å². The summed E-state index contributed by atoms with van der Waals surface area (Å²) >= 11 is 0. The Morgan fingerprint density at radius 2 is 2.00 bits per heavy atom. The van der Waals surface area contributed by atoms with Gasteiger partial charge >= 0.3 is 0 Å². The lowest BCUT2D eigenvalue weighted by Gasteiger charge is -2.17. The second kappa shape index (κ2) is 6.69. The van der Waals surface area contributed by atoms with Gasteiger partial charge in [-0.25, -0.2) is 8.42 Å². The quantitative estimate of drug-likeness (QED) is 0.865. The maximum absolute atomic E-state index is 12.1. The fourth-order valence-electron chi connectivity index (χ4n) is 1.53. The molecule has 0 aromatic heterocycles. The molecule has 0 saturated heterocycles. The number of sulfone groups is 1. The monoisotopic (exact) mass is 280 g/mol. The van der Waals surface area contributed by atoms with E-state index in [1.165, 1.54) is 12.1 Å². The Bertz CT molecular complexity index is 559. The van der Waals surface area contributed by atoms with E-state index in [0.717, 1.165) is 0 Å². The van der Waals surface area contributed by atoms with E-state index in [2.05, 4.69) is 19.2 Å². The first-order valence-electron chi connectivity index (χ1n) is 6.33. The minimum absolute atomic E-state index is 0.0406. The molecule has 1 unspecified atom stereocenters. The molecule has 0 aliphatic carbocycles. The third-order valence-electron chi connectivity index (χ3n) is 3.16. The zero-order chi connectivity index (χ0) is 14.5. The largest absolute Gasteiger partial charge is 0.313 e. The number of benzene rings is 1. The predicted molar refractivity (Wildman–Crippen MR) is 75.5 cm³/mol. The van der Waals surface area contributed by atoms with Gasteiger partial charge in [-0.2, -0.15) is 5.26 Å². The zero-order valence-corrected chi connectivity index (χ0v) is 12.4. The summed E-state index contributed by atoms with van der Waals surface area (Å²) in [5.74, 6) is 0.503. The van der Waals surface area contributed by atoms with Crippen molar-refractivity contribution >= 4 is 9.84 Å². The molecule has 0 saturated carbocycles. The van der Waals surface area contributed by atoms with Crippen molar-refractivity contribution in [2.75, 3.05) is 12.3 Å². The minimum Gasteiger partial charge on any atom is -0.313 e. The van der Waals surface area contributed by atoms with E-state index in [1.807, 2.05) is 13.0 Å². The average Bonchev–Trinajstić information content (AvgIpc) is 2.38. The standard InChI is InChI=1S/C14H20N2O2S/c1-11(2)12(3)16-7-8-19(17,18)14-6-4-5-13(9-14)10-15/h4-6,9,11-12,16H,7-8H2,1-3H3. The van der Waals surface area contributed by atoms with Gasteiger partial charge in [0.1, 0.15) is 0 Å². The van der Waals surface area contributed by atoms with Crippen LogP contribution in [0.5, 0.6) is 0 Å². The Morgan fingerprint density at radius 3 is 2.58 bits per heavy atom. The third-order valence-corrected chi connectivity index (χ3v) is 4.87. The second-order valence-electron chi connectivity index (χ2n) is 4.95. The molecular formula is C14H20N2O2S. The normalized spacial score (nSPS) is 13.2. The molecule has 0 fully saturated rings. The molecular weight excluding hydrogens is 260 g/mol. The van der Waals surface area contributed by atoms with E-state index in [-0.39, 0.29) is 16.7 Å². The minimum atomic E-state index is -3.33. The summed E-state index contributed by atoms with van der Waals surface area (Å²) < 4.78 is 24.2. The lowest BCUT2D eigenvalue weighted by Crippen LogP contribution is -2.34. The van der Waals surface area contributed by atoms with Crippen LogP contribution >= 0.6 is 0 Å². The van der Waals surface area contributed by atoms with Crippen LogP contribution in [0.25, 0.3) is 0 Å². The molecule has 1 atom stereocenters. The molecule has 0 radical (unpaired) electrons. The SMILES string of the molecule is CC(C)C(C)NCCS(=O)(=O)c1cccc(C#N)c1. The predicted octanol–water partition coefficient (Wildman–Crippen LogP) is 1.97. The first-order chi connectivity index (χ1) is 8.86. The molecule has 1 aromatic carbocycles. The summed E-state index contributed by atoms with van der Waals surface area (Å²) in [7, 11) is -3.33. The van der Waals surface area contributed by atoms with Crippen molar-refractivity contribution in [2.45, 2.75) is 31.7 Å². The van der Waals surface area contributed by atoms with Crippen molar-refractivity contribution in [3.8, 4) is 6.07 Å². The molecule has 1 N–H and O–H groups in total. The van der Waals surface area contributed by atoms with Crippen LogP contribution in [0.1, 0.15) is 26.3 Å². The summed E-state index contributed by atoms with van der Waals surface area (Å²) in [5.41, 5.74) is 0.365. The van der Waals surface area contributed by atoms with Crippen molar-refractivity contribution in [1.82, 2.24) is 5.32 Å². The highest BCUT2D eigenvalue weighted by molar-refractivity contribution is 7.91. The maximum Gasteiger partial charge on any atom is 0.179 e. The van der Waals surface area contributed by atoms with Gasteiger partial charge in [-0.3, -0.25) is 0 Å². The lowest BCUT2D eigenvalue weighted by atomic mass is 10.1. The van der Waals surface area contributed by atoms with Crippen molar-refractivity contribution in [2.24, 2.45) is 5.92 Å². The Balaban J connectivity index is 2.69. The van der Waals surface area contributed by atoms with Crippen LogP contribution in [0, 0.1) is 17.2 Å². The molecule has 19 heavy (non-hydrogen) atoms. The molecule has 5 heteroatoms. The van der Waals surface area contributed by atoms with Crippen LogP contribution in [0.15, 0.2) is 29.2 Å². The fraction of sp³-hybridized carbons (Fsp3) is 0.500. The van der Waals surface area contributed by atoms with E-state index in [9.17, 15) is 8.42 Å². The molecule has 0 bridgehead atoms. The van der Waals surface area contributed by atoms with E-state index in [1.54, 1.807) is 12.1 Å². The molecule has 4 nitrogen and oxygen atoms in total. The van der Waals surface area contributed by atoms with Gasteiger partial charge in [-0.15, -0.1) is 0 Å².